The second-order valence-corrected chi connectivity index (χ2v) is 14.3. The molecule has 2 fully saturated rings. The Balaban J connectivity index is 2.47. The average Bonchev–Trinajstić information content (AvgIpc) is 2.91. The first kappa shape index (κ1) is 34.8. The Morgan fingerprint density at radius 1 is 0.909 bits per heavy atom. The highest BCUT2D eigenvalue weighted by Crippen LogP contribution is 2.66. The van der Waals surface area contributed by atoms with E-state index in [1.54, 1.807) is 0 Å². The number of fused-ring (bicyclic) bond motifs is 2. The van der Waals surface area contributed by atoms with Crippen LogP contribution in [0, 0.1) is 28.1 Å². The normalized spacial score (nSPS) is 26.0. The Labute approximate surface area is 263 Å². The number of carbonyl (C=O) groups excluding carboxylic acids is 3. The van der Waals surface area contributed by atoms with Crippen molar-refractivity contribution in [2.75, 3.05) is 0 Å². The lowest BCUT2D eigenvalue weighted by atomic mass is 9.38. The Hall–Kier alpha value is -3.67. The molecule has 0 saturated heterocycles. The van der Waals surface area contributed by atoms with E-state index >= 15 is 4.79 Å². The molecule has 0 amide bonds. The molecule has 3 rings (SSSR count). The monoisotopic (exact) mass is 602 g/mol. The molecule has 0 heterocycles. The molecule has 0 spiro atoms. The molecule has 0 aromatic heterocycles. The number of allylic oxidation sites excluding steroid dienone is 8. The number of hydrogen-bond donors (Lipinski definition) is 3. The fourth-order valence-corrected chi connectivity index (χ4v) is 7.08. The summed E-state index contributed by atoms with van der Waals surface area (Å²) in [6.45, 7) is 21.9. The summed E-state index contributed by atoms with van der Waals surface area (Å²) in [5.74, 6) is -3.61. The van der Waals surface area contributed by atoms with Gasteiger partial charge in [-0.25, -0.2) is 0 Å². The maximum atomic E-state index is 15.2. The molecule has 2 bridgehead atoms. The predicted octanol–water partition coefficient (Wildman–Crippen LogP) is 8.76. The molecule has 6 heteroatoms. The minimum absolute atomic E-state index is 0.0110. The van der Waals surface area contributed by atoms with Crippen molar-refractivity contribution in [3.8, 4) is 11.5 Å². The molecule has 2 saturated carbocycles. The molecule has 0 unspecified atom stereocenters. The smallest absolute Gasteiger partial charge is 0.184 e. The molecular formula is C38H50O6. The summed E-state index contributed by atoms with van der Waals surface area (Å²) in [7, 11) is 0. The van der Waals surface area contributed by atoms with Gasteiger partial charge in [0.05, 0.1) is 5.41 Å². The molecule has 4 atom stereocenters. The molecule has 2 aliphatic rings. The van der Waals surface area contributed by atoms with Crippen LogP contribution < -0.4 is 0 Å². The number of aliphatic hydroxyl groups is 1. The van der Waals surface area contributed by atoms with Gasteiger partial charge in [-0.1, -0.05) is 60.9 Å². The van der Waals surface area contributed by atoms with Crippen molar-refractivity contribution in [1.82, 2.24) is 0 Å². The lowest BCUT2D eigenvalue weighted by Gasteiger charge is -2.60. The Morgan fingerprint density at radius 3 is 2.02 bits per heavy atom. The van der Waals surface area contributed by atoms with Gasteiger partial charge in [-0.05, 0) is 116 Å². The molecule has 2 aliphatic carbocycles. The second kappa shape index (κ2) is 12.7. The van der Waals surface area contributed by atoms with Crippen molar-refractivity contribution in [3.05, 3.63) is 76.4 Å². The van der Waals surface area contributed by atoms with Crippen LogP contribution in [0.2, 0.25) is 0 Å². The molecule has 3 N–H and O–H groups in total. The van der Waals surface area contributed by atoms with Crippen LogP contribution in [0.15, 0.2) is 70.9 Å². The van der Waals surface area contributed by atoms with Gasteiger partial charge in [-0.2, -0.15) is 0 Å². The number of benzene rings is 1. The van der Waals surface area contributed by atoms with Crippen molar-refractivity contribution >= 4 is 23.1 Å². The number of phenolic OH excluding ortho intramolecular Hbond substituents is 2. The number of rotatable bonds is 10. The summed E-state index contributed by atoms with van der Waals surface area (Å²) in [5, 5.41) is 31.7. The minimum atomic E-state index is -1.62. The Morgan fingerprint density at radius 2 is 1.50 bits per heavy atom. The lowest BCUT2D eigenvalue weighted by Crippen LogP contribution is -2.69. The van der Waals surface area contributed by atoms with E-state index in [9.17, 15) is 24.9 Å². The zero-order valence-corrected chi connectivity index (χ0v) is 27.9. The summed E-state index contributed by atoms with van der Waals surface area (Å²) >= 11 is 0. The van der Waals surface area contributed by atoms with Crippen LogP contribution in [0.4, 0.5) is 0 Å². The van der Waals surface area contributed by atoms with Gasteiger partial charge in [0.2, 0.25) is 0 Å². The molecule has 1 aromatic rings. The lowest BCUT2D eigenvalue weighted by molar-refractivity contribution is -0.177. The Kier molecular flexibility index (Phi) is 10.1. The first-order valence-corrected chi connectivity index (χ1v) is 15.5. The van der Waals surface area contributed by atoms with Crippen molar-refractivity contribution in [3.63, 3.8) is 0 Å². The molecule has 6 nitrogen and oxygen atoms in total. The molecule has 44 heavy (non-hydrogen) atoms. The fourth-order valence-electron chi connectivity index (χ4n) is 7.08. The third-order valence-electron chi connectivity index (χ3n) is 10.0. The summed E-state index contributed by atoms with van der Waals surface area (Å²) in [4.78, 5) is 44.9. The van der Waals surface area contributed by atoms with Crippen molar-refractivity contribution < 1.29 is 29.7 Å². The largest absolute Gasteiger partial charge is 0.506 e. The number of phenols is 2. The number of carbonyl (C=O) groups is 3. The van der Waals surface area contributed by atoms with E-state index in [4.69, 9.17) is 0 Å². The quantitative estimate of drug-likeness (QED) is 0.0616. The summed E-state index contributed by atoms with van der Waals surface area (Å²) in [5.41, 5.74) is -0.453. The van der Waals surface area contributed by atoms with Crippen LogP contribution in [0.1, 0.15) is 100.0 Å². The van der Waals surface area contributed by atoms with Crippen LogP contribution in [-0.2, 0) is 14.4 Å². The van der Waals surface area contributed by atoms with Crippen LogP contribution >= 0.6 is 0 Å². The number of ketones is 3. The van der Waals surface area contributed by atoms with E-state index in [0.29, 0.717) is 12.8 Å². The number of Topliss-reactive ketones (excluding diaryl/α,β-unsaturated/α-hetero) is 3. The fraction of sp³-hybridized carbons (Fsp3) is 0.500. The van der Waals surface area contributed by atoms with Gasteiger partial charge in [-0.3, -0.25) is 14.4 Å². The predicted molar refractivity (Wildman–Crippen MR) is 176 cm³/mol. The van der Waals surface area contributed by atoms with Crippen LogP contribution in [-0.4, -0.2) is 32.7 Å². The third kappa shape index (κ3) is 6.00. The van der Waals surface area contributed by atoms with Crippen LogP contribution in [0.25, 0.3) is 5.76 Å². The first-order valence-electron chi connectivity index (χ1n) is 15.5. The topological polar surface area (TPSA) is 112 Å². The Bertz CT molecular complexity index is 1490. The average molecular weight is 603 g/mol. The molecule has 0 aliphatic heterocycles. The molecular weight excluding hydrogens is 552 g/mol. The van der Waals surface area contributed by atoms with Crippen molar-refractivity contribution in [2.45, 2.75) is 94.4 Å². The van der Waals surface area contributed by atoms with E-state index in [0.717, 1.165) is 28.4 Å². The van der Waals surface area contributed by atoms with Gasteiger partial charge >= 0.3 is 0 Å². The zero-order valence-electron chi connectivity index (χ0n) is 27.9. The van der Waals surface area contributed by atoms with Gasteiger partial charge in [-0.15, -0.1) is 0 Å². The van der Waals surface area contributed by atoms with Gasteiger partial charge in [0, 0.05) is 5.56 Å². The van der Waals surface area contributed by atoms with Crippen LogP contribution in [0.3, 0.4) is 0 Å². The first-order chi connectivity index (χ1) is 20.3. The van der Waals surface area contributed by atoms with Gasteiger partial charge in [0.1, 0.15) is 16.7 Å². The van der Waals surface area contributed by atoms with Crippen LogP contribution in [0.5, 0.6) is 11.5 Å². The second-order valence-electron chi connectivity index (χ2n) is 14.3. The molecule has 238 valence electrons. The maximum Gasteiger partial charge on any atom is 0.184 e. The number of aromatic hydroxyl groups is 2. The van der Waals surface area contributed by atoms with Crippen molar-refractivity contribution in [2.24, 2.45) is 28.1 Å². The maximum absolute atomic E-state index is 15.2. The minimum Gasteiger partial charge on any atom is -0.506 e. The third-order valence-corrected chi connectivity index (χ3v) is 10.0. The number of aliphatic hydroxyl groups excluding tert-OH is 1. The van der Waals surface area contributed by atoms with E-state index in [-0.39, 0.29) is 42.4 Å². The van der Waals surface area contributed by atoms with E-state index in [2.05, 4.69) is 18.7 Å². The summed E-state index contributed by atoms with van der Waals surface area (Å²) in [6.07, 6.45) is 7.79. The van der Waals surface area contributed by atoms with E-state index < -0.39 is 50.6 Å². The highest BCUT2D eigenvalue weighted by atomic mass is 16.3. The molecule has 0 radical (unpaired) electrons. The van der Waals surface area contributed by atoms with E-state index in [1.807, 2.05) is 68.4 Å². The summed E-state index contributed by atoms with van der Waals surface area (Å²) < 4.78 is 0. The summed E-state index contributed by atoms with van der Waals surface area (Å²) in [6, 6.07) is 3.65. The zero-order chi connectivity index (χ0) is 33.4. The SMILES string of the molecule is C=C(C)[C@H](CC=C(C)C)C[C@]12C[C@H](CC=C(C)C)C(C)(C)[C@](CC=C(C)C)(C(=O)/C(=C(/O)c3ccc(O)c(O)c3)C1=O)C2=O. The van der Waals surface area contributed by atoms with Gasteiger partial charge in [0.25, 0.3) is 0 Å². The van der Waals surface area contributed by atoms with Gasteiger partial charge in [0.15, 0.2) is 28.8 Å². The number of hydrogen-bond acceptors (Lipinski definition) is 6. The standard InChI is InChI=1S/C38H50O6/c1-22(2)11-13-27(25(7)8)20-37-21-28(15-12-23(3)4)36(9,10)38(35(37)44,18-17-24(5)6)34(43)31(33(37)42)32(41)26-14-16-29(39)30(40)19-26/h11-12,14,16-17,19,27-28,39-41H,7,13,15,18,20-21H2,1-6,8-10H3/b32-31+/t27-,28+,37+,38-/m1/s1. The highest BCUT2D eigenvalue weighted by molar-refractivity contribution is 6.41. The van der Waals surface area contributed by atoms with Crippen molar-refractivity contribution in [1.29, 1.82) is 0 Å². The molecule has 1 aromatic carbocycles. The van der Waals surface area contributed by atoms with Gasteiger partial charge < -0.3 is 15.3 Å². The van der Waals surface area contributed by atoms with E-state index in [1.165, 1.54) is 12.1 Å². The highest BCUT2D eigenvalue weighted by Gasteiger charge is 2.74.